The minimum absolute atomic E-state index is 0.0390. The van der Waals surface area contributed by atoms with E-state index in [2.05, 4.69) is 41.2 Å². The molecule has 0 saturated carbocycles. The Morgan fingerprint density at radius 1 is 1.40 bits per heavy atom. The van der Waals surface area contributed by atoms with Crippen molar-refractivity contribution in [3.63, 3.8) is 0 Å². The van der Waals surface area contributed by atoms with Crippen LogP contribution in [0.1, 0.15) is 18.4 Å². The molecule has 1 spiro atoms. The molecule has 1 aromatic heterocycles. The number of urea groups is 1. The predicted octanol–water partition coefficient (Wildman–Crippen LogP) is 4.47. The number of rotatable bonds is 6. The standard InChI is InChI=1S/C21H28ClN5OS2/c1-25(2)8-4-10-29-18-12-23-19(30-18)24-20(28)27-14-21(7-9-26(3)13-21)16-11-15(22)5-6-17(16)27/h5-6,11-12H,4,7-10,13-14H2,1-3H3,(H,23,24,28). The van der Waals surface area contributed by atoms with Crippen molar-refractivity contribution in [2.75, 3.05) is 63.3 Å². The summed E-state index contributed by atoms with van der Waals surface area (Å²) in [5, 5.41) is 4.38. The summed E-state index contributed by atoms with van der Waals surface area (Å²) in [6.45, 7) is 3.72. The topological polar surface area (TPSA) is 51.7 Å². The number of nitrogens with zero attached hydrogens (tertiary/aromatic N) is 4. The van der Waals surface area contributed by atoms with Gasteiger partial charge in [-0.1, -0.05) is 22.9 Å². The first-order valence-electron chi connectivity index (χ1n) is 10.2. The summed E-state index contributed by atoms with van der Waals surface area (Å²) >= 11 is 9.63. The van der Waals surface area contributed by atoms with Gasteiger partial charge in [0.25, 0.3) is 0 Å². The molecule has 1 unspecified atom stereocenters. The first-order chi connectivity index (χ1) is 14.4. The number of fused-ring (bicyclic) bond motifs is 2. The summed E-state index contributed by atoms with van der Waals surface area (Å²) < 4.78 is 1.13. The number of nitrogens with one attached hydrogen (secondary N) is 1. The van der Waals surface area contributed by atoms with E-state index in [1.54, 1.807) is 11.8 Å². The number of hydrogen-bond acceptors (Lipinski definition) is 6. The van der Waals surface area contributed by atoms with Crippen LogP contribution in [0.25, 0.3) is 0 Å². The Kier molecular flexibility index (Phi) is 6.60. The molecule has 6 nitrogen and oxygen atoms in total. The molecule has 30 heavy (non-hydrogen) atoms. The van der Waals surface area contributed by atoms with Crippen molar-refractivity contribution >= 4 is 51.5 Å². The van der Waals surface area contributed by atoms with E-state index >= 15 is 0 Å². The van der Waals surface area contributed by atoms with E-state index in [1.165, 1.54) is 16.9 Å². The van der Waals surface area contributed by atoms with Crippen molar-refractivity contribution < 1.29 is 4.79 Å². The van der Waals surface area contributed by atoms with E-state index in [9.17, 15) is 4.79 Å². The molecule has 9 heteroatoms. The molecule has 1 aromatic carbocycles. The molecule has 3 heterocycles. The van der Waals surface area contributed by atoms with Gasteiger partial charge in [-0.05, 0) is 70.8 Å². The summed E-state index contributed by atoms with van der Waals surface area (Å²) in [7, 11) is 6.31. The van der Waals surface area contributed by atoms with Gasteiger partial charge in [0.15, 0.2) is 5.13 Å². The predicted molar refractivity (Wildman–Crippen MR) is 128 cm³/mol. The zero-order valence-electron chi connectivity index (χ0n) is 17.7. The third-order valence-electron chi connectivity index (χ3n) is 5.76. The monoisotopic (exact) mass is 465 g/mol. The number of carbonyl (C=O) groups is 1. The lowest BCUT2D eigenvalue weighted by Crippen LogP contribution is -2.40. The van der Waals surface area contributed by atoms with Gasteiger partial charge in [0.2, 0.25) is 0 Å². The Morgan fingerprint density at radius 3 is 2.97 bits per heavy atom. The van der Waals surface area contributed by atoms with Gasteiger partial charge < -0.3 is 9.80 Å². The number of thiazole rings is 1. The van der Waals surface area contributed by atoms with Gasteiger partial charge in [0, 0.05) is 35.0 Å². The second-order valence-electron chi connectivity index (χ2n) is 8.44. The van der Waals surface area contributed by atoms with Crippen molar-refractivity contribution in [2.45, 2.75) is 22.5 Å². The molecule has 4 rings (SSSR count). The average Bonchev–Trinajstić information content (AvgIpc) is 3.38. The van der Waals surface area contributed by atoms with Gasteiger partial charge in [-0.25, -0.2) is 9.78 Å². The van der Waals surface area contributed by atoms with Gasteiger partial charge in [-0.2, -0.15) is 0 Å². The van der Waals surface area contributed by atoms with Crippen LogP contribution in [0.2, 0.25) is 5.02 Å². The van der Waals surface area contributed by atoms with E-state index in [0.29, 0.717) is 11.7 Å². The molecule has 162 valence electrons. The Labute approximate surface area is 191 Å². The summed E-state index contributed by atoms with van der Waals surface area (Å²) in [4.78, 5) is 23.9. The highest BCUT2D eigenvalue weighted by Gasteiger charge is 2.48. The third-order valence-corrected chi connectivity index (χ3v) is 8.19. The summed E-state index contributed by atoms with van der Waals surface area (Å²) in [6.07, 6.45) is 4.01. The summed E-state index contributed by atoms with van der Waals surface area (Å²) in [5.41, 5.74) is 2.11. The number of anilines is 2. The number of hydrogen-bond donors (Lipinski definition) is 1. The number of halogens is 1. The minimum atomic E-state index is -0.122. The number of likely N-dealkylation sites (N-methyl/N-ethyl adjacent to an activating group) is 1. The quantitative estimate of drug-likeness (QED) is 0.504. The molecule has 1 N–H and O–H groups in total. The fraction of sp³-hybridized carbons (Fsp3) is 0.524. The first-order valence-corrected chi connectivity index (χ1v) is 12.3. The minimum Gasteiger partial charge on any atom is -0.309 e. The normalized spacial score (nSPS) is 21.0. The number of likely N-dealkylation sites (tertiary alicyclic amines) is 1. The molecule has 1 saturated heterocycles. The molecule has 2 aliphatic rings. The first kappa shape index (κ1) is 21.9. The fourth-order valence-corrected chi connectivity index (χ4v) is 6.38. The number of amides is 2. The van der Waals surface area contributed by atoms with Crippen LogP contribution in [0.5, 0.6) is 0 Å². The molecule has 1 atom stereocenters. The van der Waals surface area contributed by atoms with E-state index in [0.717, 1.165) is 53.1 Å². The van der Waals surface area contributed by atoms with Gasteiger partial charge in [0.05, 0.1) is 10.4 Å². The van der Waals surface area contributed by atoms with Gasteiger partial charge in [-0.15, -0.1) is 11.8 Å². The highest BCUT2D eigenvalue weighted by Crippen LogP contribution is 2.47. The van der Waals surface area contributed by atoms with Crippen LogP contribution in [0.4, 0.5) is 15.6 Å². The number of benzene rings is 1. The van der Waals surface area contributed by atoms with Gasteiger partial charge in [0.1, 0.15) is 0 Å². The van der Waals surface area contributed by atoms with Crippen molar-refractivity contribution in [2.24, 2.45) is 0 Å². The molecule has 2 aromatic rings. The maximum Gasteiger partial charge on any atom is 0.328 e. The lowest BCUT2D eigenvalue weighted by Gasteiger charge is -2.25. The summed E-state index contributed by atoms with van der Waals surface area (Å²) in [6, 6.07) is 5.75. The average molecular weight is 466 g/mol. The molecule has 0 radical (unpaired) electrons. The van der Waals surface area contributed by atoms with Crippen LogP contribution in [0.15, 0.2) is 28.6 Å². The van der Waals surface area contributed by atoms with Crippen LogP contribution >= 0.6 is 34.7 Å². The second kappa shape index (κ2) is 9.04. The zero-order valence-corrected chi connectivity index (χ0v) is 20.0. The number of aromatic nitrogens is 1. The molecule has 0 bridgehead atoms. The zero-order chi connectivity index (χ0) is 21.3. The van der Waals surface area contributed by atoms with Crippen LogP contribution in [0.3, 0.4) is 0 Å². The van der Waals surface area contributed by atoms with Crippen molar-refractivity contribution in [1.29, 1.82) is 0 Å². The van der Waals surface area contributed by atoms with E-state index in [4.69, 9.17) is 11.6 Å². The SMILES string of the molecule is CN(C)CCCSc1cnc(NC(=O)N2CC3(CCN(C)C3)c3cc(Cl)ccc32)s1. The van der Waals surface area contributed by atoms with Crippen LogP contribution in [0, 0.1) is 0 Å². The smallest absolute Gasteiger partial charge is 0.309 e. The summed E-state index contributed by atoms with van der Waals surface area (Å²) in [5.74, 6) is 1.05. The molecule has 2 amide bonds. The third kappa shape index (κ3) is 4.62. The largest absolute Gasteiger partial charge is 0.328 e. The lowest BCUT2D eigenvalue weighted by atomic mass is 9.81. The lowest BCUT2D eigenvalue weighted by molar-refractivity contribution is 0.256. The van der Waals surface area contributed by atoms with Gasteiger partial charge in [-0.3, -0.25) is 10.2 Å². The Bertz CT molecular complexity index is 921. The van der Waals surface area contributed by atoms with Crippen LogP contribution < -0.4 is 10.2 Å². The maximum atomic E-state index is 13.2. The molecule has 1 fully saturated rings. The molecule has 2 aliphatic heterocycles. The maximum absolute atomic E-state index is 13.2. The van der Waals surface area contributed by atoms with E-state index in [1.807, 2.05) is 29.3 Å². The van der Waals surface area contributed by atoms with E-state index in [-0.39, 0.29) is 11.4 Å². The van der Waals surface area contributed by atoms with E-state index < -0.39 is 0 Å². The Morgan fingerprint density at radius 2 is 2.23 bits per heavy atom. The highest BCUT2D eigenvalue weighted by molar-refractivity contribution is 8.01. The Balaban J connectivity index is 1.43. The highest BCUT2D eigenvalue weighted by atomic mass is 35.5. The van der Waals surface area contributed by atoms with Crippen molar-refractivity contribution in [1.82, 2.24) is 14.8 Å². The molecule has 0 aliphatic carbocycles. The number of thioether (sulfide) groups is 1. The Hall–Kier alpha value is -1.32. The van der Waals surface area contributed by atoms with Crippen molar-refractivity contribution in [3.05, 3.63) is 35.0 Å². The van der Waals surface area contributed by atoms with Crippen molar-refractivity contribution in [3.8, 4) is 0 Å². The van der Waals surface area contributed by atoms with Gasteiger partial charge >= 0.3 is 6.03 Å². The second-order valence-corrected chi connectivity index (χ2v) is 11.3. The van der Waals surface area contributed by atoms with Crippen LogP contribution in [-0.2, 0) is 5.41 Å². The fourth-order valence-electron chi connectivity index (χ4n) is 4.35. The number of carbonyl (C=O) groups excluding carboxylic acids is 1. The molecular formula is C21H28ClN5OS2. The van der Waals surface area contributed by atoms with Crippen LogP contribution in [-0.4, -0.2) is 73.9 Å². The molecular weight excluding hydrogens is 438 g/mol.